The van der Waals surface area contributed by atoms with Gasteiger partial charge in [-0.2, -0.15) is 0 Å². The predicted octanol–water partition coefficient (Wildman–Crippen LogP) is 4.04. The Balaban J connectivity index is 1.95. The van der Waals surface area contributed by atoms with Gasteiger partial charge in [-0.15, -0.1) is 0 Å². The molecule has 0 spiro atoms. The molecule has 0 bridgehead atoms. The Kier molecular flexibility index (Phi) is 33.8. The van der Waals surface area contributed by atoms with Crippen LogP contribution in [0, 0.1) is 23.7 Å². The number of aryl methyl sites for hydroxylation is 1. The number of carbonyl (C=O) groups excluding carboxylic acids is 12. The summed E-state index contributed by atoms with van der Waals surface area (Å²) in [5.41, 5.74) is 0.636. The van der Waals surface area contributed by atoms with E-state index < -0.39 is 157 Å². The number of hydrogen-bond acceptors (Lipinski definition) is 14. The first-order chi connectivity index (χ1) is 47.2. The molecule has 564 valence electrons. The maximum absolute atomic E-state index is 15.6. The molecule has 4 rings (SSSR count). The molecule has 26 nitrogen and oxygen atoms in total. The first-order valence-corrected chi connectivity index (χ1v) is 35.9. The molecular weight excluding hydrogens is 1290 g/mol. The van der Waals surface area contributed by atoms with E-state index >= 15 is 24.0 Å². The van der Waals surface area contributed by atoms with Gasteiger partial charge in [0.15, 0.2) is 0 Å². The number of likely N-dealkylation sites (N-methyl/N-ethyl adjacent to an activating group) is 6. The van der Waals surface area contributed by atoms with Gasteiger partial charge in [0.25, 0.3) is 0 Å². The fourth-order valence-electron chi connectivity index (χ4n) is 12.5. The van der Waals surface area contributed by atoms with Gasteiger partial charge >= 0.3 is 0 Å². The number of ether oxygens (including phenoxy) is 1. The van der Waals surface area contributed by atoms with E-state index in [1.165, 1.54) is 75.9 Å². The molecule has 2 aromatic carbocycles. The van der Waals surface area contributed by atoms with Crippen LogP contribution in [-0.2, 0) is 75.1 Å². The van der Waals surface area contributed by atoms with E-state index in [0.717, 1.165) is 26.7 Å². The summed E-state index contributed by atoms with van der Waals surface area (Å²) in [7, 11) is 9.89. The maximum atomic E-state index is 15.6. The third-order valence-corrected chi connectivity index (χ3v) is 18.7. The minimum absolute atomic E-state index is 0.0206. The Morgan fingerprint density at radius 1 is 0.485 bits per heavy atom. The average molecular weight is 1410 g/mol. The van der Waals surface area contributed by atoms with Crippen molar-refractivity contribution in [1.82, 2.24) is 60.5 Å². The molecule has 2 aliphatic heterocycles. The fourth-order valence-corrected chi connectivity index (χ4v) is 12.5. The van der Waals surface area contributed by atoms with E-state index in [1.54, 1.807) is 56.0 Å². The van der Waals surface area contributed by atoms with Crippen LogP contribution in [0.4, 0.5) is 0 Å². The Morgan fingerprint density at radius 3 is 1.44 bits per heavy atom. The monoisotopic (exact) mass is 1410 g/mol. The third-order valence-electron chi connectivity index (χ3n) is 18.7. The molecule has 0 saturated carbocycles. The molecule has 0 aliphatic carbocycles. The van der Waals surface area contributed by atoms with E-state index in [1.807, 2.05) is 85.7 Å². The fraction of sp³-hybridized carbons (Fsp3) is 0.680. The van der Waals surface area contributed by atoms with Gasteiger partial charge in [0, 0.05) is 81.8 Å². The van der Waals surface area contributed by atoms with Crippen LogP contribution in [0.5, 0.6) is 0 Å². The molecule has 0 aromatic heterocycles. The van der Waals surface area contributed by atoms with Crippen molar-refractivity contribution < 1.29 is 67.4 Å². The normalized spacial score (nSPS) is 24.5. The summed E-state index contributed by atoms with van der Waals surface area (Å²) >= 11 is 0. The molecule has 0 unspecified atom stereocenters. The topological polar surface area (TPSA) is 308 Å². The Hall–Kier alpha value is -8.00. The summed E-state index contributed by atoms with van der Waals surface area (Å²) in [4.78, 5) is 188. The summed E-state index contributed by atoms with van der Waals surface area (Å²) in [6, 6.07) is 6.14. The van der Waals surface area contributed by atoms with Crippen LogP contribution in [0.3, 0.4) is 0 Å². The molecule has 0 radical (unpaired) electrons. The van der Waals surface area contributed by atoms with Gasteiger partial charge in [-0.05, 0) is 120 Å². The van der Waals surface area contributed by atoms with Gasteiger partial charge in [-0.25, -0.2) is 0 Å². The lowest BCUT2D eigenvalue weighted by molar-refractivity contribution is -0.151. The van der Waals surface area contributed by atoms with Crippen molar-refractivity contribution in [1.29, 1.82) is 0 Å². The van der Waals surface area contributed by atoms with Crippen LogP contribution in [0.15, 0.2) is 60.7 Å². The van der Waals surface area contributed by atoms with E-state index in [2.05, 4.69) is 21.3 Å². The van der Waals surface area contributed by atoms with Gasteiger partial charge in [0.1, 0.15) is 54.4 Å². The highest BCUT2D eigenvalue weighted by molar-refractivity contribution is 5.99. The van der Waals surface area contributed by atoms with Crippen LogP contribution in [0.1, 0.15) is 158 Å². The van der Waals surface area contributed by atoms with Crippen LogP contribution >= 0.6 is 0 Å². The number of aliphatic hydroxyl groups excluding tert-OH is 1. The summed E-state index contributed by atoms with van der Waals surface area (Å²) in [5, 5.41) is 22.6. The lowest BCUT2D eigenvalue weighted by atomic mass is 9.97. The lowest BCUT2D eigenvalue weighted by Gasteiger charge is -2.38. The van der Waals surface area contributed by atoms with E-state index in [9.17, 15) is 38.7 Å². The van der Waals surface area contributed by atoms with Crippen molar-refractivity contribution in [3.63, 3.8) is 0 Å². The summed E-state index contributed by atoms with van der Waals surface area (Å²) < 4.78 is 6.21. The zero-order valence-corrected chi connectivity index (χ0v) is 63.7. The Bertz CT molecular complexity index is 3100. The number of carbonyl (C=O) groups is 12. The summed E-state index contributed by atoms with van der Waals surface area (Å²) in [6.45, 7) is 20.9. The van der Waals surface area contributed by atoms with Gasteiger partial charge < -0.3 is 70.3 Å². The van der Waals surface area contributed by atoms with Crippen molar-refractivity contribution in [2.75, 3.05) is 82.1 Å². The predicted molar refractivity (Wildman–Crippen MR) is 386 cm³/mol. The van der Waals surface area contributed by atoms with Gasteiger partial charge in [-0.1, -0.05) is 116 Å². The first-order valence-electron chi connectivity index (χ1n) is 35.9. The van der Waals surface area contributed by atoms with E-state index in [-0.39, 0.29) is 75.2 Å². The second-order valence-corrected chi connectivity index (χ2v) is 30.4. The number of likely N-dealkylation sites (tertiary alicyclic amines) is 1. The minimum Gasteiger partial charge on any atom is -0.391 e. The van der Waals surface area contributed by atoms with Crippen LogP contribution in [-0.4, -0.2) is 263 Å². The molecule has 26 heteroatoms. The number of aliphatic hydroxyl groups is 1. The molecule has 2 heterocycles. The lowest BCUT2D eigenvalue weighted by Crippen LogP contribution is -2.62. The number of hydrogen-bond donors (Lipinski definition) is 5. The van der Waals surface area contributed by atoms with Crippen molar-refractivity contribution in [3.05, 3.63) is 71.8 Å². The average Bonchev–Trinajstić information content (AvgIpc) is 0.820. The largest absolute Gasteiger partial charge is 0.391 e. The standard InChI is InChI=1S/C75H120N12O14/c1-47(2)39-57-66(92)76-54(34-33-52-29-23-20-24-30-52)70(96)86(19)61(42-50(7)8)73(99)85(18)60(43-53-31-25-21-26-32-53)68(94)78-56(46-101-75(10,11)12)71(97)84(17)59(41-49(5)6)69(95)79-65(51(9)88)74(100)81(14)45-64(91)83(16)58(40-48(3)4)67(93)77-55(72(98)87-36-27-22-28-37-87)44-63(90)80(13)38-35-62(89)82(57)15/h20-21,23-26,29-32,47-51,54-61,65,88H,22,27-28,33-46H2,1-19H3,(H,76,92)(H,77,93)(H,78,94)(H,79,95)/t51-,54+,55+,56+,57+,58+,59+,60+,61+,65+/m1/s1. The quantitative estimate of drug-likeness (QED) is 0.149. The van der Waals surface area contributed by atoms with Crippen LogP contribution < -0.4 is 21.3 Å². The van der Waals surface area contributed by atoms with Crippen molar-refractivity contribution in [2.24, 2.45) is 23.7 Å². The molecule has 2 fully saturated rings. The SMILES string of the molecule is CC(C)C[C@H]1C(=O)N[C@H](C(=O)N2CCCCC2)CC(=O)N(C)CCC(=O)N(C)[C@@H](CC(C)C)C(=O)N[C@@H](CCc2ccccc2)C(=O)N(C)[C@@H](CC(C)C)C(=O)N(C)[C@@H](Cc2ccccc2)C(=O)N[C@@H](COC(C)(C)C)C(=O)N(C)[C@@H](CC(C)C)C(=O)N[C@@H]([C@@H](C)O)C(=O)N(C)CC(=O)N1C. The Labute approximate surface area is 600 Å². The second kappa shape index (κ2) is 40.0. The molecule has 2 saturated heterocycles. The highest BCUT2D eigenvalue weighted by Gasteiger charge is 2.43. The number of benzene rings is 2. The van der Waals surface area contributed by atoms with E-state index in [0.29, 0.717) is 37.9 Å². The molecule has 10 atom stereocenters. The zero-order chi connectivity index (χ0) is 75.9. The van der Waals surface area contributed by atoms with Crippen molar-refractivity contribution in [2.45, 2.75) is 226 Å². The minimum atomic E-state index is -1.68. The molecule has 12 amide bonds. The summed E-state index contributed by atoms with van der Waals surface area (Å²) in [6.07, 6.45) is 0.632. The number of nitrogens with one attached hydrogen (secondary N) is 4. The van der Waals surface area contributed by atoms with E-state index in [4.69, 9.17) is 4.74 Å². The molecular formula is C75H120N12O14. The van der Waals surface area contributed by atoms with Crippen molar-refractivity contribution >= 4 is 70.9 Å². The van der Waals surface area contributed by atoms with Gasteiger partial charge in [0.2, 0.25) is 70.9 Å². The highest BCUT2D eigenvalue weighted by Crippen LogP contribution is 2.24. The van der Waals surface area contributed by atoms with Crippen LogP contribution in [0.2, 0.25) is 0 Å². The number of rotatable bonds is 17. The van der Waals surface area contributed by atoms with Gasteiger partial charge in [-0.3, -0.25) is 57.5 Å². The second-order valence-electron chi connectivity index (χ2n) is 30.4. The molecule has 5 N–H and O–H groups in total. The molecule has 101 heavy (non-hydrogen) atoms. The molecule has 2 aliphatic rings. The Morgan fingerprint density at radius 2 is 0.921 bits per heavy atom. The third kappa shape index (κ3) is 26.4. The van der Waals surface area contributed by atoms with Crippen molar-refractivity contribution in [3.8, 4) is 0 Å². The molecule has 2 aromatic rings. The van der Waals surface area contributed by atoms with Gasteiger partial charge in [0.05, 0.1) is 31.3 Å². The number of nitrogens with zero attached hydrogens (tertiary/aromatic N) is 8. The first kappa shape index (κ1) is 85.4. The smallest absolute Gasteiger partial charge is 0.248 e. The maximum Gasteiger partial charge on any atom is 0.248 e. The summed E-state index contributed by atoms with van der Waals surface area (Å²) in [5.74, 6) is -9.10. The zero-order valence-electron chi connectivity index (χ0n) is 63.7. The number of piperidine rings is 1. The number of amides is 12. The van der Waals surface area contributed by atoms with Crippen LogP contribution in [0.25, 0.3) is 0 Å². The highest BCUT2D eigenvalue weighted by atomic mass is 16.5.